The van der Waals surface area contributed by atoms with Gasteiger partial charge in [0, 0.05) is 5.56 Å². The molecule has 0 fully saturated rings. The minimum atomic E-state index is -0.222. The lowest BCUT2D eigenvalue weighted by Gasteiger charge is -2.21. The van der Waals surface area contributed by atoms with E-state index >= 15 is 0 Å². The maximum Gasteiger partial charge on any atom is 0.123 e. The van der Waals surface area contributed by atoms with Crippen molar-refractivity contribution in [2.45, 2.75) is 19.4 Å². The maximum absolute atomic E-state index is 13.5. The number of methoxy groups -OCH3 is 1. The van der Waals surface area contributed by atoms with Crippen molar-refractivity contribution in [1.29, 1.82) is 0 Å². The third kappa shape index (κ3) is 3.36. The second-order valence-electron chi connectivity index (χ2n) is 4.68. The van der Waals surface area contributed by atoms with Gasteiger partial charge in [-0.25, -0.2) is 4.39 Å². The lowest BCUT2D eigenvalue weighted by molar-refractivity contribution is 0.403. The van der Waals surface area contributed by atoms with Crippen LogP contribution in [0.25, 0.3) is 0 Å². The van der Waals surface area contributed by atoms with Gasteiger partial charge in [-0.15, -0.1) is 0 Å². The summed E-state index contributed by atoms with van der Waals surface area (Å²) in [6.45, 7) is 2.97. The number of hydrogen-bond donors (Lipinski definition) is 1. The zero-order valence-corrected chi connectivity index (χ0v) is 11.9. The van der Waals surface area contributed by atoms with Crippen molar-refractivity contribution in [3.05, 3.63) is 65.5 Å². The summed E-state index contributed by atoms with van der Waals surface area (Å²) in [5, 5.41) is 3.46. The standard InChI is InChI=1S/C17H20FNO/c1-3-11-19-17(13-7-6-8-14(18)12-13)15-9-4-5-10-16(15)20-2/h4-10,12,17,19H,3,11H2,1-2H3. The lowest BCUT2D eigenvalue weighted by Crippen LogP contribution is -2.23. The molecule has 0 radical (unpaired) electrons. The van der Waals surface area contributed by atoms with Crippen molar-refractivity contribution < 1.29 is 9.13 Å². The summed E-state index contributed by atoms with van der Waals surface area (Å²) in [5.74, 6) is 0.589. The van der Waals surface area contributed by atoms with Crippen LogP contribution in [0.4, 0.5) is 4.39 Å². The van der Waals surface area contributed by atoms with Gasteiger partial charge in [-0.3, -0.25) is 0 Å². The van der Waals surface area contributed by atoms with Gasteiger partial charge in [0.15, 0.2) is 0 Å². The molecule has 3 heteroatoms. The van der Waals surface area contributed by atoms with E-state index in [1.54, 1.807) is 19.2 Å². The van der Waals surface area contributed by atoms with Gasteiger partial charge < -0.3 is 10.1 Å². The molecule has 1 unspecified atom stereocenters. The number of para-hydroxylation sites is 1. The minimum Gasteiger partial charge on any atom is -0.496 e. The van der Waals surface area contributed by atoms with Crippen LogP contribution in [0.2, 0.25) is 0 Å². The fraction of sp³-hybridized carbons (Fsp3) is 0.294. The van der Waals surface area contributed by atoms with Gasteiger partial charge in [-0.1, -0.05) is 37.3 Å². The Balaban J connectivity index is 2.41. The lowest BCUT2D eigenvalue weighted by atomic mass is 9.97. The summed E-state index contributed by atoms with van der Waals surface area (Å²) < 4.78 is 18.9. The summed E-state index contributed by atoms with van der Waals surface area (Å²) in [5.41, 5.74) is 1.93. The van der Waals surface area contributed by atoms with E-state index in [1.165, 1.54) is 6.07 Å². The quantitative estimate of drug-likeness (QED) is 0.861. The van der Waals surface area contributed by atoms with Crippen molar-refractivity contribution in [3.63, 3.8) is 0 Å². The first-order chi connectivity index (χ1) is 9.76. The van der Waals surface area contributed by atoms with E-state index in [9.17, 15) is 4.39 Å². The van der Waals surface area contributed by atoms with Crippen molar-refractivity contribution >= 4 is 0 Å². The van der Waals surface area contributed by atoms with E-state index < -0.39 is 0 Å². The van der Waals surface area contributed by atoms with Crippen LogP contribution in [0, 0.1) is 5.82 Å². The monoisotopic (exact) mass is 273 g/mol. The molecule has 0 saturated heterocycles. The normalized spacial score (nSPS) is 12.2. The molecule has 2 nitrogen and oxygen atoms in total. The molecule has 0 saturated carbocycles. The Morgan fingerprint density at radius 2 is 1.95 bits per heavy atom. The zero-order valence-electron chi connectivity index (χ0n) is 11.9. The van der Waals surface area contributed by atoms with Crippen molar-refractivity contribution in [1.82, 2.24) is 5.32 Å². The number of nitrogens with one attached hydrogen (secondary N) is 1. The van der Waals surface area contributed by atoms with Crippen LogP contribution < -0.4 is 10.1 Å². The molecule has 0 aromatic heterocycles. The van der Waals surface area contributed by atoms with Crippen molar-refractivity contribution in [2.24, 2.45) is 0 Å². The Morgan fingerprint density at radius 3 is 2.65 bits per heavy atom. The summed E-state index contributed by atoms with van der Waals surface area (Å²) in [4.78, 5) is 0. The summed E-state index contributed by atoms with van der Waals surface area (Å²) in [6.07, 6.45) is 1.01. The molecule has 2 rings (SSSR count). The van der Waals surface area contributed by atoms with Gasteiger partial charge in [0.1, 0.15) is 11.6 Å². The van der Waals surface area contributed by atoms with E-state index in [4.69, 9.17) is 4.74 Å². The predicted molar refractivity (Wildman–Crippen MR) is 79.5 cm³/mol. The number of hydrogen-bond acceptors (Lipinski definition) is 2. The Hall–Kier alpha value is -1.87. The van der Waals surface area contributed by atoms with E-state index in [0.717, 1.165) is 29.8 Å². The molecule has 0 aliphatic carbocycles. The fourth-order valence-electron chi connectivity index (χ4n) is 2.29. The SMILES string of the molecule is CCCNC(c1cccc(F)c1)c1ccccc1OC. The molecule has 0 heterocycles. The summed E-state index contributed by atoms with van der Waals surface area (Å²) in [7, 11) is 1.65. The summed E-state index contributed by atoms with van der Waals surface area (Å²) in [6, 6.07) is 14.5. The number of ether oxygens (including phenoxy) is 1. The van der Waals surface area contributed by atoms with E-state index in [0.29, 0.717) is 0 Å². The Labute approximate surface area is 119 Å². The number of benzene rings is 2. The fourth-order valence-corrected chi connectivity index (χ4v) is 2.29. The molecule has 0 aliphatic rings. The highest BCUT2D eigenvalue weighted by Gasteiger charge is 2.17. The molecule has 0 amide bonds. The smallest absolute Gasteiger partial charge is 0.123 e. The molecule has 2 aromatic carbocycles. The minimum absolute atomic E-state index is 0.0678. The average molecular weight is 273 g/mol. The van der Waals surface area contributed by atoms with Crippen LogP contribution in [-0.2, 0) is 0 Å². The van der Waals surface area contributed by atoms with E-state index in [-0.39, 0.29) is 11.9 Å². The van der Waals surface area contributed by atoms with Crippen LogP contribution in [0.1, 0.15) is 30.5 Å². The van der Waals surface area contributed by atoms with Crippen molar-refractivity contribution in [3.8, 4) is 5.75 Å². The third-order valence-corrected chi connectivity index (χ3v) is 3.23. The van der Waals surface area contributed by atoms with Gasteiger partial charge in [0.25, 0.3) is 0 Å². The molecule has 2 aromatic rings. The van der Waals surface area contributed by atoms with Gasteiger partial charge >= 0.3 is 0 Å². The molecule has 0 spiro atoms. The molecular formula is C17H20FNO. The van der Waals surface area contributed by atoms with Gasteiger partial charge in [0.05, 0.1) is 13.2 Å². The highest BCUT2D eigenvalue weighted by Crippen LogP contribution is 2.30. The topological polar surface area (TPSA) is 21.3 Å². The first kappa shape index (κ1) is 14.5. The molecule has 0 aliphatic heterocycles. The molecule has 0 bridgehead atoms. The molecular weight excluding hydrogens is 253 g/mol. The second-order valence-corrected chi connectivity index (χ2v) is 4.68. The largest absolute Gasteiger partial charge is 0.496 e. The highest BCUT2D eigenvalue weighted by atomic mass is 19.1. The Morgan fingerprint density at radius 1 is 1.15 bits per heavy atom. The summed E-state index contributed by atoms with van der Waals surface area (Å²) >= 11 is 0. The first-order valence-electron chi connectivity index (χ1n) is 6.88. The van der Waals surface area contributed by atoms with Gasteiger partial charge in [-0.2, -0.15) is 0 Å². The van der Waals surface area contributed by atoms with Crippen LogP contribution in [0.15, 0.2) is 48.5 Å². The molecule has 106 valence electrons. The predicted octanol–water partition coefficient (Wildman–Crippen LogP) is 3.92. The maximum atomic E-state index is 13.5. The zero-order chi connectivity index (χ0) is 14.4. The highest BCUT2D eigenvalue weighted by molar-refractivity contribution is 5.41. The van der Waals surface area contributed by atoms with E-state index in [1.807, 2.05) is 30.3 Å². The Kier molecular flexibility index (Phi) is 5.13. The van der Waals surface area contributed by atoms with Gasteiger partial charge in [0.2, 0.25) is 0 Å². The molecule has 1 atom stereocenters. The van der Waals surface area contributed by atoms with Gasteiger partial charge in [-0.05, 0) is 36.7 Å². The number of rotatable bonds is 6. The Bertz CT molecular complexity index is 556. The van der Waals surface area contributed by atoms with Crippen LogP contribution in [0.5, 0.6) is 5.75 Å². The third-order valence-electron chi connectivity index (χ3n) is 3.23. The van der Waals surface area contributed by atoms with Crippen LogP contribution in [-0.4, -0.2) is 13.7 Å². The molecule has 20 heavy (non-hydrogen) atoms. The second kappa shape index (κ2) is 7.06. The first-order valence-corrected chi connectivity index (χ1v) is 6.88. The van der Waals surface area contributed by atoms with Crippen molar-refractivity contribution in [2.75, 3.05) is 13.7 Å². The molecule has 1 N–H and O–H groups in total. The van der Waals surface area contributed by atoms with Crippen LogP contribution in [0.3, 0.4) is 0 Å². The average Bonchev–Trinajstić information content (AvgIpc) is 2.48. The van der Waals surface area contributed by atoms with E-state index in [2.05, 4.69) is 12.2 Å². The number of halogens is 1. The van der Waals surface area contributed by atoms with Crippen LogP contribution >= 0.6 is 0 Å².